The molecule has 1 fully saturated rings. The third-order valence-electron chi connectivity index (χ3n) is 3.56. The van der Waals surface area contributed by atoms with Crippen LogP contribution in [0.5, 0.6) is 0 Å². The lowest BCUT2D eigenvalue weighted by atomic mass is 10.1. The Morgan fingerprint density at radius 3 is 2.52 bits per heavy atom. The molecule has 0 spiro atoms. The van der Waals surface area contributed by atoms with Gasteiger partial charge >= 0.3 is 0 Å². The molecule has 0 bridgehead atoms. The van der Waals surface area contributed by atoms with Crippen LogP contribution in [0.4, 0.5) is 5.69 Å². The van der Waals surface area contributed by atoms with Crippen LogP contribution in [0.2, 0.25) is 0 Å². The Hall–Kier alpha value is -1.72. The normalized spacial score (nSPS) is 19.0. The van der Waals surface area contributed by atoms with E-state index in [0.29, 0.717) is 0 Å². The van der Waals surface area contributed by atoms with E-state index < -0.39 is 0 Å². The van der Waals surface area contributed by atoms with E-state index in [4.69, 9.17) is 0 Å². The lowest BCUT2D eigenvalue weighted by molar-refractivity contribution is -0.116. The topological polar surface area (TPSA) is 41.1 Å². The molecule has 2 aromatic rings. The number of carbonyl (C=O) groups excluding carboxylic acids is 1. The molecule has 23 heavy (non-hydrogen) atoms. The van der Waals surface area contributed by atoms with E-state index in [9.17, 15) is 4.79 Å². The van der Waals surface area contributed by atoms with Crippen molar-refractivity contribution in [2.75, 3.05) is 5.32 Å². The first kappa shape index (κ1) is 16.1. The van der Waals surface area contributed by atoms with Gasteiger partial charge in [0.15, 0.2) is 5.50 Å². The molecule has 0 radical (unpaired) electrons. The molecule has 2 N–H and O–H groups in total. The van der Waals surface area contributed by atoms with E-state index in [1.165, 1.54) is 17.3 Å². The first-order valence-electron chi connectivity index (χ1n) is 7.44. The van der Waals surface area contributed by atoms with Gasteiger partial charge in [0.2, 0.25) is 0 Å². The Morgan fingerprint density at radius 2 is 1.87 bits per heavy atom. The number of thioether (sulfide) groups is 1. The van der Waals surface area contributed by atoms with Crippen LogP contribution >= 0.6 is 27.7 Å². The Morgan fingerprint density at radius 1 is 1.17 bits per heavy atom. The minimum absolute atomic E-state index is 0.0411. The number of amides is 1. The molecule has 1 saturated heterocycles. The highest BCUT2D eigenvalue weighted by Crippen LogP contribution is 2.30. The van der Waals surface area contributed by atoms with Gasteiger partial charge in [-0.3, -0.25) is 4.79 Å². The van der Waals surface area contributed by atoms with Gasteiger partial charge in [0.05, 0.1) is 4.91 Å². The molecule has 0 aromatic heterocycles. The molecule has 1 atom stereocenters. The van der Waals surface area contributed by atoms with Crippen molar-refractivity contribution in [2.24, 2.45) is 0 Å². The predicted molar refractivity (Wildman–Crippen MR) is 101 cm³/mol. The zero-order chi connectivity index (χ0) is 16.2. The summed E-state index contributed by atoms with van der Waals surface area (Å²) in [6, 6.07) is 16.2. The fraction of sp³-hybridized carbons (Fsp3) is 0.167. The molecule has 1 amide bonds. The van der Waals surface area contributed by atoms with E-state index in [0.717, 1.165) is 27.0 Å². The average Bonchev–Trinajstić information content (AvgIpc) is 2.90. The third-order valence-corrected chi connectivity index (χ3v) is 5.12. The van der Waals surface area contributed by atoms with Crippen LogP contribution in [0.1, 0.15) is 18.1 Å². The molecule has 1 heterocycles. The molecule has 0 unspecified atom stereocenters. The number of benzene rings is 2. The molecule has 1 aliphatic heterocycles. The quantitative estimate of drug-likeness (QED) is 0.751. The molecule has 5 heteroatoms. The summed E-state index contributed by atoms with van der Waals surface area (Å²) in [6.45, 7) is 2.13. The van der Waals surface area contributed by atoms with Crippen LogP contribution in [0, 0.1) is 0 Å². The molecular weight excluding hydrogens is 372 g/mol. The molecule has 0 aliphatic carbocycles. The predicted octanol–water partition coefficient (Wildman–Crippen LogP) is 4.61. The van der Waals surface area contributed by atoms with Crippen LogP contribution in [-0.2, 0) is 11.2 Å². The first-order valence-corrected chi connectivity index (χ1v) is 9.11. The lowest BCUT2D eigenvalue weighted by Crippen LogP contribution is -2.30. The molecule has 3 rings (SSSR count). The summed E-state index contributed by atoms with van der Waals surface area (Å²) in [7, 11) is 0. The summed E-state index contributed by atoms with van der Waals surface area (Å²) < 4.78 is 1.03. The zero-order valence-corrected chi connectivity index (χ0v) is 15.1. The SMILES string of the molecule is CCc1ccc(N[C@@H]2NC(=O)/C(=C/c3ccc(Br)cc3)S2)cc1. The van der Waals surface area contributed by atoms with Crippen molar-refractivity contribution in [1.82, 2.24) is 5.32 Å². The van der Waals surface area contributed by atoms with Crippen LogP contribution in [0.3, 0.4) is 0 Å². The van der Waals surface area contributed by atoms with Crippen molar-refractivity contribution >= 4 is 45.4 Å². The molecular formula is C18H17BrN2OS. The number of aryl methyl sites for hydroxylation is 1. The van der Waals surface area contributed by atoms with E-state index in [1.54, 1.807) is 0 Å². The summed E-state index contributed by atoms with van der Waals surface area (Å²) in [5, 5.41) is 6.28. The maximum absolute atomic E-state index is 12.1. The van der Waals surface area contributed by atoms with Crippen LogP contribution in [0.25, 0.3) is 6.08 Å². The molecule has 0 saturated carbocycles. The van der Waals surface area contributed by atoms with Crippen molar-refractivity contribution in [2.45, 2.75) is 18.8 Å². The van der Waals surface area contributed by atoms with Gasteiger partial charge in [0, 0.05) is 10.2 Å². The van der Waals surface area contributed by atoms with E-state index in [1.807, 2.05) is 42.5 Å². The van der Waals surface area contributed by atoms with Gasteiger partial charge in [-0.2, -0.15) is 0 Å². The minimum Gasteiger partial charge on any atom is -0.357 e. The number of hydrogen-bond donors (Lipinski definition) is 2. The molecule has 3 nitrogen and oxygen atoms in total. The maximum Gasteiger partial charge on any atom is 0.260 e. The van der Waals surface area contributed by atoms with Crippen molar-refractivity contribution in [3.05, 3.63) is 69.0 Å². The number of rotatable bonds is 4. The first-order chi connectivity index (χ1) is 11.1. The third kappa shape index (κ3) is 4.18. The smallest absolute Gasteiger partial charge is 0.260 e. The summed E-state index contributed by atoms with van der Waals surface area (Å²) >= 11 is 4.91. The minimum atomic E-state index is -0.142. The summed E-state index contributed by atoms with van der Waals surface area (Å²) in [5.41, 5.74) is 3.18. The number of anilines is 1. The second kappa shape index (κ2) is 7.23. The summed E-state index contributed by atoms with van der Waals surface area (Å²) in [6.07, 6.45) is 2.93. The van der Waals surface area contributed by atoms with Crippen LogP contribution in [0.15, 0.2) is 57.9 Å². The highest BCUT2D eigenvalue weighted by molar-refractivity contribution is 9.10. The van der Waals surface area contributed by atoms with E-state index >= 15 is 0 Å². The number of nitrogens with one attached hydrogen (secondary N) is 2. The van der Waals surface area contributed by atoms with Crippen molar-refractivity contribution in [1.29, 1.82) is 0 Å². The summed E-state index contributed by atoms with van der Waals surface area (Å²) in [4.78, 5) is 12.8. The highest BCUT2D eigenvalue weighted by atomic mass is 79.9. The molecule has 1 aliphatic rings. The van der Waals surface area contributed by atoms with Crippen molar-refractivity contribution in [3.8, 4) is 0 Å². The Balaban J connectivity index is 1.67. The van der Waals surface area contributed by atoms with Crippen molar-refractivity contribution < 1.29 is 4.79 Å². The Bertz CT molecular complexity index is 726. The molecule has 118 valence electrons. The number of hydrogen-bond acceptors (Lipinski definition) is 3. The van der Waals surface area contributed by atoms with Gasteiger partial charge in [0.25, 0.3) is 5.91 Å². The largest absolute Gasteiger partial charge is 0.357 e. The number of halogens is 1. The fourth-order valence-electron chi connectivity index (χ4n) is 2.26. The van der Waals surface area contributed by atoms with Gasteiger partial charge in [-0.15, -0.1) is 0 Å². The monoisotopic (exact) mass is 388 g/mol. The Labute approximate surface area is 148 Å². The zero-order valence-electron chi connectivity index (χ0n) is 12.7. The van der Waals surface area contributed by atoms with Gasteiger partial charge in [-0.25, -0.2) is 0 Å². The van der Waals surface area contributed by atoms with E-state index in [-0.39, 0.29) is 11.4 Å². The van der Waals surface area contributed by atoms with Crippen LogP contribution in [-0.4, -0.2) is 11.4 Å². The van der Waals surface area contributed by atoms with Gasteiger partial charge in [-0.1, -0.05) is 58.9 Å². The van der Waals surface area contributed by atoms with Gasteiger partial charge < -0.3 is 10.6 Å². The Kier molecular flexibility index (Phi) is 5.08. The second-order valence-corrected chi connectivity index (χ2v) is 7.29. The maximum atomic E-state index is 12.1. The van der Waals surface area contributed by atoms with Gasteiger partial charge in [-0.05, 0) is 47.9 Å². The summed E-state index contributed by atoms with van der Waals surface area (Å²) in [5.74, 6) is -0.0411. The van der Waals surface area contributed by atoms with Gasteiger partial charge in [0.1, 0.15) is 0 Å². The average molecular weight is 389 g/mol. The van der Waals surface area contributed by atoms with Crippen molar-refractivity contribution in [3.63, 3.8) is 0 Å². The molecule has 2 aromatic carbocycles. The fourth-order valence-corrected chi connectivity index (χ4v) is 3.51. The highest BCUT2D eigenvalue weighted by Gasteiger charge is 2.26. The number of carbonyl (C=O) groups is 1. The van der Waals surface area contributed by atoms with E-state index in [2.05, 4.69) is 45.6 Å². The van der Waals surface area contributed by atoms with Crippen LogP contribution < -0.4 is 10.6 Å². The standard InChI is InChI=1S/C18H17BrN2OS/c1-2-12-5-9-15(10-6-12)20-18-21-17(22)16(23-18)11-13-3-7-14(19)8-4-13/h3-11,18,20H,2H2,1H3,(H,21,22)/b16-11-/t18-/m1/s1. The second-order valence-electron chi connectivity index (χ2n) is 5.23. The lowest BCUT2D eigenvalue weighted by Gasteiger charge is -2.12.